The number of aliphatic hydroxyl groups excluding tert-OH is 1. The van der Waals surface area contributed by atoms with Gasteiger partial charge in [-0.3, -0.25) is 0 Å². The number of amides is 1. The molecule has 3 aliphatic rings. The number of nitrogens with one attached hydrogen (secondary N) is 2. The SMILES string of the molecule is COc1ccc(S(=O)(=O)N(CC(C)C)C[C@@H](O)[C@H](Cc2ccc(NCc3ccccc3-n3nc4c(c3C(=O)O)CC(C)(C)CC4)cc2)NC(=O)O[C@H]2CO[C@@]3(C)OCC[C@@H]23)cc1. The predicted octanol–water partition coefficient (Wildman–Crippen LogP) is 6.20. The lowest BCUT2D eigenvalue weighted by molar-refractivity contribution is -0.181. The number of carbonyl (C=O) groups is 2. The first-order valence-electron chi connectivity index (χ1n) is 21.3. The zero-order valence-electron chi connectivity index (χ0n) is 36.3. The van der Waals surface area contributed by atoms with Crippen LogP contribution in [-0.4, -0.2) is 102 Å². The number of alkyl carbamates (subject to hydrolysis) is 1. The molecule has 1 amide bonds. The molecule has 0 saturated carbocycles. The van der Waals surface area contributed by atoms with Crippen LogP contribution in [0.25, 0.3) is 5.69 Å². The third-order valence-electron chi connectivity index (χ3n) is 12.2. The molecule has 0 spiro atoms. The van der Waals surface area contributed by atoms with Gasteiger partial charge in [0.1, 0.15) is 11.9 Å². The van der Waals surface area contributed by atoms with Crippen molar-refractivity contribution in [2.45, 2.75) is 102 Å². The largest absolute Gasteiger partial charge is 0.497 e. The number of para-hydroxylation sites is 1. The zero-order chi connectivity index (χ0) is 44.4. The van der Waals surface area contributed by atoms with Crippen molar-refractivity contribution in [3.05, 3.63) is 101 Å². The first-order chi connectivity index (χ1) is 29.5. The number of anilines is 1. The summed E-state index contributed by atoms with van der Waals surface area (Å²) in [5, 5.41) is 33.3. The third kappa shape index (κ3) is 9.94. The van der Waals surface area contributed by atoms with E-state index in [4.69, 9.17) is 24.0 Å². The molecule has 0 bridgehead atoms. The van der Waals surface area contributed by atoms with Gasteiger partial charge in [-0.2, -0.15) is 9.40 Å². The second kappa shape index (κ2) is 18.4. The Labute approximate surface area is 363 Å². The van der Waals surface area contributed by atoms with Crippen LogP contribution in [0.1, 0.15) is 80.3 Å². The van der Waals surface area contributed by atoms with E-state index in [1.54, 1.807) is 16.8 Å². The summed E-state index contributed by atoms with van der Waals surface area (Å²) >= 11 is 0. The maximum atomic E-state index is 14.0. The number of aliphatic hydroxyl groups is 1. The van der Waals surface area contributed by atoms with E-state index >= 15 is 0 Å². The quantitative estimate of drug-likeness (QED) is 0.0941. The van der Waals surface area contributed by atoms with E-state index in [9.17, 15) is 28.2 Å². The summed E-state index contributed by atoms with van der Waals surface area (Å²) < 4.78 is 53.5. The van der Waals surface area contributed by atoms with Gasteiger partial charge in [0.25, 0.3) is 0 Å². The maximum Gasteiger partial charge on any atom is 0.407 e. The average Bonchev–Trinajstić information content (AvgIpc) is 3.90. The number of carboxylic acids is 1. The van der Waals surface area contributed by atoms with Crippen molar-refractivity contribution < 1.29 is 47.2 Å². The molecule has 62 heavy (non-hydrogen) atoms. The number of hydrogen-bond acceptors (Lipinski definition) is 11. The lowest BCUT2D eigenvalue weighted by atomic mass is 9.76. The van der Waals surface area contributed by atoms with E-state index in [0.717, 1.165) is 40.9 Å². The number of aryl methyl sites for hydroxylation is 1. The molecule has 5 atom stereocenters. The Morgan fingerprint density at radius 2 is 1.74 bits per heavy atom. The molecule has 4 N–H and O–H groups in total. The first-order valence-corrected chi connectivity index (χ1v) is 22.7. The molecule has 0 radical (unpaired) electrons. The minimum atomic E-state index is -4.05. The summed E-state index contributed by atoms with van der Waals surface area (Å²) in [6.07, 6.45) is 0.495. The van der Waals surface area contributed by atoms with Gasteiger partial charge in [0.15, 0.2) is 11.5 Å². The number of fused-ring (bicyclic) bond motifs is 2. The Balaban J connectivity index is 1.08. The standard InChI is InChI=1S/C46H59N5O10S/c1-29(2)26-50(62(56,57)34-17-15-33(58-6)16-18-34)27-40(52)38(48-44(55)61-41-28-60-46(5)36(41)20-22-59-46)23-30-11-13-32(14-12-30)47-25-31-9-7-8-10-39(31)51-42(43(53)54)35-24-45(3,4)21-19-37(35)49-51/h7-18,29,36,38,40-41,47,52H,19-28H2,1-6H3,(H,48,55)(H,53,54)/t36-,38-,40+,41-,46+/m0/s1. The van der Waals surface area contributed by atoms with Crippen LogP contribution < -0.4 is 15.4 Å². The Morgan fingerprint density at radius 3 is 2.44 bits per heavy atom. The van der Waals surface area contributed by atoms with Crippen LogP contribution in [0, 0.1) is 17.3 Å². The fourth-order valence-electron chi connectivity index (χ4n) is 8.80. The summed E-state index contributed by atoms with van der Waals surface area (Å²) in [4.78, 5) is 26.2. The van der Waals surface area contributed by atoms with E-state index < -0.39 is 46.1 Å². The summed E-state index contributed by atoms with van der Waals surface area (Å²) in [5.74, 6) is -1.54. The number of carboxylic acid groups (broad SMARTS) is 1. The van der Waals surface area contributed by atoms with Gasteiger partial charge in [-0.15, -0.1) is 0 Å². The molecule has 1 aromatic heterocycles. The van der Waals surface area contributed by atoms with Crippen molar-refractivity contribution in [3.8, 4) is 11.4 Å². The number of nitrogens with zero attached hydrogens (tertiary/aromatic N) is 3. The lowest BCUT2D eigenvalue weighted by Crippen LogP contribution is -2.51. The number of aromatic carboxylic acids is 1. The number of ether oxygens (including phenoxy) is 4. The molecule has 2 aliphatic heterocycles. The minimum Gasteiger partial charge on any atom is -0.497 e. The maximum absolute atomic E-state index is 14.0. The smallest absolute Gasteiger partial charge is 0.407 e. The Bertz CT molecular complexity index is 2330. The van der Waals surface area contributed by atoms with Gasteiger partial charge in [-0.05, 0) is 104 Å². The van der Waals surface area contributed by atoms with Gasteiger partial charge in [-0.1, -0.05) is 58.0 Å². The molecule has 1 aliphatic carbocycles. The molecule has 16 heteroatoms. The van der Waals surface area contributed by atoms with E-state index in [-0.39, 0.29) is 54.0 Å². The molecule has 2 fully saturated rings. The number of carbonyl (C=O) groups excluding carboxylic acids is 1. The average molecular weight is 874 g/mol. The number of methoxy groups -OCH3 is 1. The molecule has 3 heterocycles. The number of benzene rings is 3. The molecule has 3 aromatic carbocycles. The van der Waals surface area contributed by atoms with E-state index in [0.29, 0.717) is 37.4 Å². The topological polar surface area (TPSA) is 191 Å². The van der Waals surface area contributed by atoms with Crippen LogP contribution in [0.3, 0.4) is 0 Å². The fourth-order valence-corrected chi connectivity index (χ4v) is 10.4. The summed E-state index contributed by atoms with van der Waals surface area (Å²) in [6, 6.07) is 20.2. The van der Waals surface area contributed by atoms with Crippen LogP contribution in [0.2, 0.25) is 0 Å². The van der Waals surface area contributed by atoms with Gasteiger partial charge < -0.3 is 39.8 Å². The molecule has 334 valence electrons. The highest BCUT2D eigenvalue weighted by Gasteiger charge is 2.53. The minimum absolute atomic E-state index is 0.0130. The number of hydrogen-bond donors (Lipinski definition) is 4. The second-order valence-electron chi connectivity index (χ2n) is 17.9. The van der Waals surface area contributed by atoms with Crippen molar-refractivity contribution in [1.82, 2.24) is 19.4 Å². The van der Waals surface area contributed by atoms with E-state index in [2.05, 4.69) is 24.5 Å². The Morgan fingerprint density at radius 1 is 1.02 bits per heavy atom. The highest BCUT2D eigenvalue weighted by Crippen LogP contribution is 2.42. The lowest BCUT2D eigenvalue weighted by Gasteiger charge is -2.31. The molecule has 7 rings (SSSR count). The van der Waals surface area contributed by atoms with E-state index in [1.165, 1.54) is 23.5 Å². The van der Waals surface area contributed by atoms with Crippen LogP contribution in [-0.2, 0) is 50.0 Å². The van der Waals surface area contributed by atoms with Crippen molar-refractivity contribution in [3.63, 3.8) is 0 Å². The van der Waals surface area contributed by atoms with Gasteiger partial charge in [0.2, 0.25) is 10.0 Å². The monoisotopic (exact) mass is 873 g/mol. The number of aromatic nitrogens is 2. The van der Waals surface area contributed by atoms with Gasteiger partial charge in [0.05, 0.1) is 54.7 Å². The fraction of sp³-hybridized carbons (Fsp3) is 0.500. The van der Waals surface area contributed by atoms with Crippen molar-refractivity contribution in [2.75, 3.05) is 38.7 Å². The molecule has 0 unspecified atom stereocenters. The Hall–Kier alpha value is -5.00. The van der Waals surface area contributed by atoms with Crippen LogP contribution >= 0.6 is 0 Å². The number of sulfonamides is 1. The highest BCUT2D eigenvalue weighted by atomic mass is 32.2. The van der Waals surface area contributed by atoms with Crippen molar-refractivity contribution in [1.29, 1.82) is 0 Å². The summed E-state index contributed by atoms with van der Waals surface area (Å²) in [7, 11) is -2.55. The molecular weight excluding hydrogens is 815 g/mol. The molecule has 2 saturated heterocycles. The Kier molecular flexibility index (Phi) is 13.4. The van der Waals surface area contributed by atoms with Crippen molar-refractivity contribution in [2.24, 2.45) is 17.3 Å². The van der Waals surface area contributed by atoms with Crippen LogP contribution in [0.15, 0.2) is 77.7 Å². The third-order valence-corrected chi connectivity index (χ3v) is 14.1. The van der Waals surface area contributed by atoms with Gasteiger partial charge in [-0.25, -0.2) is 22.7 Å². The molecule has 4 aromatic rings. The molecule has 15 nitrogen and oxygen atoms in total. The highest BCUT2D eigenvalue weighted by molar-refractivity contribution is 7.89. The van der Waals surface area contributed by atoms with Crippen LogP contribution in [0.4, 0.5) is 10.5 Å². The first kappa shape index (κ1) is 45.0. The second-order valence-corrected chi connectivity index (χ2v) is 19.9. The number of rotatable bonds is 17. The van der Waals surface area contributed by atoms with Crippen LogP contribution in [0.5, 0.6) is 5.75 Å². The summed E-state index contributed by atoms with van der Waals surface area (Å²) in [5.41, 5.74) is 4.91. The predicted molar refractivity (Wildman–Crippen MR) is 232 cm³/mol. The van der Waals surface area contributed by atoms with Gasteiger partial charge in [0, 0.05) is 30.9 Å². The van der Waals surface area contributed by atoms with Gasteiger partial charge >= 0.3 is 12.1 Å². The molecular formula is C46H59N5O10S. The van der Waals surface area contributed by atoms with Crippen molar-refractivity contribution >= 4 is 27.8 Å². The zero-order valence-corrected chi connectivity index (χ0v) is 37.1. The normalized spacial score (nSPS) is 21.6. The summed E-state index contributed by atoms with van der Waals surface area (Å²) in [6.45, 7) is 10.8. The van der Waals surface area contributed by atoms with E-state index in [1.807, 2.05) is 69.3 Å².